The Morgan fingerprint density at radius 3 is 3.18 bits per heavy atom. The Labute approximate surface area is 66.0 Å². The third-order valence-electron chi connectivity index (χ3n) is 2.06. The lowest BCUT2D eigenvalue weighted by molar-refractivity contribution is 0.423. The van der Waals surface area contributed by atoms with Crippen LogP contribution in [0.25, 0.3) is 0 Å². The first-order chi connectivity index (χ1) is 5.36. The average Bonchev–Trinajstić information content (AvgIpc) is 2.04. The van der Waals surface area contributed by atoms with E-state index in [1.165, 1.54) is 5.57 Å². The number of hydrogen-bond acceptors (Lipinski definition) is 1. The average molecular weight is 146 g/mol. The van der Waals surface area contributed by atoms with Crippen molar-refractivity contribution < 1.29 is 5.11 Å². The molecular weight excluding hydrogens is 136 g/mol. The molecule has 0 aromatic heterocycles. The molecule has 0 amide bonds. The zero-order valence-corrected chi connectivity index (χ0v) is 6.20. The van der Waals surface area contributed by atoms with E-state index < -0.39 is 0 Å². The zero-order chi connectivity index (χ0) is 7.68. The fraction of sp³-hybridized carbons (Fsp3) is 0.200. The summed E-state index contributed by atoms with van der Waals surface area (Å²) in [4.78, 5) is 0. The summed E-state index contributed by atoms with van der Waals surface area (Å²) >= 11 is 0. The lowest BCUT2D eigenvalue weighted by atomic mass is 9.88. The first-order valence-corrected chi connectivity index (χ1v) is 3.82. The van der Waals surface area contributed by atoms with Crippen molar-refractivity contribution >= 4 is 0 Å². The molecular formula is C10H10O. The summed E-state index contributed by atoms with van der Waals surface area (Å²) in [5.74, 6) is 0.799. The molecule has 0 aliphatic heterocycles. The number of aliphatic hydroxyl groups is 1. The van der Waals surface area contributed by atoms with Gasteiger partial charge in [-0.3, -0.25) is 0 Å². The van der Waals surface area contributed by atoms with E-state index in [0.717, 1.165) is 6.42 Å². The Kier molecular flexibility index (Phi) is 1.42. The molecule has 56 valence electrons. The highest BCUT2D eigenvalue weighted by atomic mass is 16.3. The van der Waals surface area contributed by atoms with Gasteiger partial charge in [-0.1, -0.05) is 24.3 Å². The van der Waals surface area contributed by atoms with Crippen LogP contribution in [-0.4, -0.2) is 5.11 Å². The summed E-state index contributed by atoms with van der Waals surface area (Å²) in [6, 6.07) is 0. The van der Waals surface area contributed by atoms with Gasteiger partial charge in [-0.2, -0.15) is 0 Å². The monoisotopic (exact) mass is 146 g/mol. The van der Waals surface area contributed by atoms with Crippen LogP contribution in [0.4, 0.5) is 0 Å². The van der Waals surface area contributed by atoms with Gasteiger partial charge in [-0.15, -0.1) is 0 Å². The molecule has 0 fully saturated rings. The maximum absolute atomic E-state index is 9.17. The minimum Gasteiger partial charge on any atom is -0.508 e. The fourth-order valence-corrected chi connectivity index (χ4v) is 1.45. The highest BCUT2D eigenvalue weighted by molar-refractivity contribution is 5.39. The molecule has 2 aliphatic carbocycles. The number of hydrogen-bond donors (Lipinski definition) is 1. The van der Waals surface area contributed by atoms with Crippen molar-refractivity contribution in [3.63, 3.8) is 0 Å². The smallest absolute Gasteiger partial charge is 0.112 e. The Balaban J connectivity index is 2.33. The minimum absolute atomic E-state index is 0.391. The van der Waals surface area contributed by atoms with Gasteiger partial charge in [0.1, 0.15) is 5.76 Å². The van der Waals surface area contributed by atoms with E-state index in [4.69, 9.17) is 0 Å². The maximum atomic E-state index is 9.17. The van der Waals surface area contributed by atoms with E-state index in [1.54, 1.807) is 6.08 Å². The third kappa shape index (κ3) is 1.14. The van der Waals surface area contributed by atoms with E-state index in [0.29, 0.717) is 11.7 Å². The molecule has 1 atom stereocenters. The quantitative estimate of drug-likeness (QED) is 0.556. The van der Waals surface area contributed by atoms with Crippen LogP contribution in [-0.2, 0) is 0 Å². The second-order valence-corrected chi connectivity index (χ2v) is 2.86. The van der Waals surface area contributed by atoms with Gasteiger partial charge in [0, 0.05) is 5.92 Å². The van der Waals surface area contributed by atoms with Crippen LogP contribution in [0.3, 0.4) is 0 Å². The topological polar surface area (TPSA) is 20.2 Å². The van der Waals surface area contributed by atoms with Gasteiger partial charge < -0.3 is 5.11 Å². The summed E-state index contributed by atoms with van der Waals surface area (Å²) < 4.78 is 0. The molecule has 0 bridgehead atoms. The van der Waals surface area contributed by atoms with Gasteiger partial charge in [0.05, 0.1) is 0 Å². The molecule has 1 nitrogen and oxygen atoms in total. The molecule has 0 saturated carbocycles. The van der Waals surface area contributed by atoms with Crippen molar-refractivity contribution in [2.24, 2.45) is 5.92 Å². The van der Waals surface area contributed by atoms with Gasteiger partial charge >= 0.3 is 0 Å². The second kappa shape index (κ2) is 2.42. The van der Waals surface area contributed by atoms with Gasteiger partial charge in [0.25, 0.3) is 0 Å². The lowest BCUT2D eigenvalue weighted by Crippen LogP contribution is -2.05. The molecule has 11 heavy (non-hydrogen) atoms. The largest absolute Gasteiger partial charge is 0.508 e. The SMILES string of the molecule is OC1=CC2CC=CC=C2C=C1. The molecule has 0 heterocycles. The molecule has 2 aliphatic rings. The predicted molar refractivity (Wildman–Crippen MR) is 45.2 cm³/mol. The predicted octanol–water partition coefficient (Wildman–Crippen LogP) is 2.50. The Hall–Kier alpha value is -1.24. The van der Waals surface area contributed by atoms with Crippen molar-refractivity contribution in [1.82, 2.24) is 0 Å². The van der Waals surface area contributed by atoms with Gasteiger partial charge in [-0.25, -0.2) is 0 Å². The minimum atomic E-state index is 0.391. The molecule has 0 aromatic carbocycles. The summed E-state index contributed by atoms with van der Waals surface area (Å²) in [6.07, 6.45) is 12.9. The van der Waals surface area contributed by atoms with Crippen LogP contribution in [0.15, 0.2) is 47.8 Å². The van der Waals surface area contributed by atoms with E-state index in [9.17, 15) is 5.11 Å². The molecule has 1 unspecified atom stereocenters. The second-order valence-electron chi connectivity index (χ2n) is 2.86. The summed E-state index contributed by atoms with van der Waals surface area (Å²) in [5, 5.41) is 9.17. The van der Waals surface area contributed by atoms with Crippen molar-refractivity contribution in [1.29, 1.82) is 0 Å². The first-order valence-electron chi connectivity index (χ1n) is 3.82. The van der Waals surface area contributed by atoms with Gasteiger partial charge in [-0.05, 0) is 24.1 Å². The Morgan fingerprint density at radius 2 is 2.27 bits per heavy atom. The third-order valence-corrected chi connectivity index (χ3v) is 2.06. The standard InChI is InChI=1S/C10H10O/c11-10-6-5-8-3-1-2-4-9(8)7-10/h1-3,5-7,9,11H,4H2. The van der Waals surface area contributed by atoms with Crippen LogP contribution < -0.4 is 0 Å². The van der Waals surface area contributed by atoms with Crippen molar-refractivity contribution in [2.75, 3.05) is 0 Å². The van der Waals surface area contributed by atoms with E-state index >= 15 is 0 Å². The first kappa shape index (κ1) is 6.47. The van der Waals surface area contributed by atoms with Crippen LogP contribution in [0.1, 0.15) is 6.42 Å². The highest BCUT2D eigenvalue weighted by Crippen LogP contribution is 2.27. The molecule has 0 saturated heterocycles. The van der Waals surface area contributed by atoms with Crippen LogP contribution in [0.5, 0.6) is 0 Å². The maximum Gasteiger partial charge on any atom is 0.112 e. The van der Waals surface area contributed by atoms with Crippen molar-refractivity contribution in [3.8, 4) is 0 Å². The summed E-state index contributed by atoms with van der Waals surface area (Å²) in [6.45, 7) is 0. The number of aliphatic hydroxyl groups excluding tert-OH is 1. The molecule has 1 N–H and O–H groups in total. The Bertz CT molecular complexity index is 279. The summed E-state index contributed by atoms with van der Waals surface area (Å²) in [5.41, 5.74) is 1.30. The van der Waals surface area contributed by atoms with Gasteiger partial charge in [0.2, 0.25) is 0 Å². The summed E-state index contributed by atoms with van der Waals surface area (Å²) in [7, 11) is 0. The molecule has 2 rings (SSSR count). The normalized spacial score (nSPS) is 27.5. The van der Waals surface area contributed by atoms with Crippen molar-refractivity contribution in [3.05, 3.63) is 47.8 Å². The lowest BCUT2D eigenvalue weighted by Gasteiger charge is -2.18. The Morgan fingerprint density at radius 1 is 1.36 bits per heavy atom. The van der Waals surface area contributed by atoms with Crippen LogP contribution in [0, 0.1) is 5.92 Å². The fourth-order valence-electron chi connectivity index (χ4n) is 1.45. The van der Waals surface area contributed by atoms with Crippen LogP contribution >= 0.6 is 0 Å². The number of allylic oxidation sites excluding steroid dienone is 7. The number of fused-ring (bicyclic) bond motifs is 1. The van der Waals surface area contributed by atoms with Crippen LogP contribution in [0.2, 0.25) is 0 Å². The molecule has 0 radical (unpaired) electrons. The zero-order valence-electron chi connectivity index (χ0n) is 6.20. The molecule has 1 heteroatoms. The van der Waals surface area contributed by atoms with Crippen molar-refractivity contribution in [2.45, 2.75) is 6.42 Å². The highest BCUT2D eigenvalue weighted by Gasteiger charge is 2.13. The molecule has 0 spiro atoms. The van der Waals surface area contributed by atoms with E-state index in [1.807, 2.05) is 12.2 Å². The van der Waals surface area contributed by atoms with E-state index in [2.05, 4.69) is 18.2 Å². The van der Waals surface area contributed by atoms with Gasteiger partial charge in [0.15, 0.2) is 0 Å². The van der Waals surface area contributed by atoms with E-state index in [-0.39, 0.29) is 0 Å². The molecule has 0 aromatic rings. The number of rotatable bonds is 0.